The number of piperidine rings is 1. The Kier molecular flexibility index (Phi) is 3.72. The predicted molar refractivity (Wildman–Crippen MR) is 76.5 cm³/mol. The van der Waals surface area contributed by atoms with Crippen molar-refractivity contribution in [3.05, 3.63) is 30.6 Å². The van der Waals surface area contributed by atoms with Gasteiger partial charge in [-0.3, -0.25) is 9.48 Å². The first-order chi connectivity index (χ1) is 10.1. The van der Waals surface area contributed by atoms with Crippen LogP contribution in [0.2, 0.25) is 0 Å². The maximum Gasteiger partial charge on any atom is 0.247 e. The van der Waals surface area contributed by atoms with E-state index in [0.29, 0.717) is 6.54 Å². The molecule has 7 nitrogen and oxygen atoms in total. The van der Waals surface area contributed by atoms with Gasteiger partial charge in [-0.25, -0.2) is 9.67 Å². The number of hydrogen-bond acceptors (Lipinski definition) is 4. The normalized spacial score (nSPS) is 20.5. The zero-order valence-electron chi connectivity index (χ0n) is 12.4. The van der Waals surface area contributed by atoms with Gasteiger partial charge in [0.05, 0.1) is 12.2 Å². The summed E-state index contributed by atoms with van der Waals surface area (Å²) in [4.78, 5) is 18.4. The second-order valence-corrected chi connectivity index (χ2v) is 5.63. The molecule has 0 aromatic carbocycles. The molecule has 0 saturated carbocycles. The van der Waals surface area contributed by atoms with Crippen molar-refractivity contribution in [3.63, 3.8) is 0 Å². The summed E-state index contributed by atoms with van der Waals surface area (Å²) in [5.74, 6) is 0.0917. The number of amides is 1. The zero-order chi connectivity index (χ0) is 14.8. The molecule has 112 valence electrons. The van der Waals surface area contributed by atoms with E-state index in [1.807, 2.05) is 35.8 Å². The lowest BCUT2D eigenvalue weighted by Crippen LogP contribution is -2.43. The van der Waals surface area contributed by atoms with Crippen molar-refractivity contribution < 1.29 is 4.79 Å². The van der Waals surface area contributed by atoms with Gasteiger partial charge < -0.3 is 4.90 Å². The van der Waals surface area contributed by atoms with Gasteiger partial charge in [0.15, 0.2) is 0 Å². The minimum absolute atomic E-state index is 0.0917. The summed E-state index contributed by atoms with van der Waals surface area (Å²) in [6, 6.07) is -0.0510. The lowest BCUT2D eigenvalue weighted by atomic mass is 10.1. The maximum absolute atomic E-state index is 12.6. The van der Waals surface area contributed by atoms with Gasteiger partial charge in [-0.1, -0.05) is 0 Å². The monoisotopic (exact) mass is 288 g/mol. The highest BCUT2D eigenvalue weighted by Gasteiger charge is 2.28. The molecule has 2 aromatic heterocycles. The topological polar surface area (TPSA) is 68.8 Å². The summed E-state index contributed by atoms with van der Waals surface area (Å²) >= 11 is 0. The van der Waals surface area contributed by atoms with E-state index >= 15 is 0 Å². The number of aromatic nitrogens is 5. The van der Waals surface area contributed by atoms with E-state index in [1.165, 1.54) is 6.33 Å². The molecule has 1 aliphatic heterocycles. The van der Waals surface area contributed by atoms with Gasteiger partial charge in [-0.2, -0.15) is 10.2 Å². The molecule has 1 saturated heterocycles. The molecule has 0 radical (unpaired) electrons. The van der Waals surface area contributed by atoms with E-state index in [9.17, 15) is 4.79 Å². The first kappa shape index (κ1) is 13.8. The Morgan fingerprint density at radius 2 is 2.29 bits per heavy atom. The van der Waals surface area contributed by atoms with Gasteiger partial charge in [0.2, 0.25) is 5.91 Å². The number of rotatable bonds is 3. The average molecular weight is 288 g/mol. The third-order valence-corrected chi connectivity index (χ3v) is 4.00. The molecule has 0 spiro atoms. The van der Waals surface area contributed by atoms with E-state index < -0.39 is 0 Å². The number of hydrogen-bond donors (Lipinski definition) is 0. The van der Waals surface area contributed by atoms with Crippen LogP contribution in [-0.2, 0) is 4.79 Å². The average Bonchev–Trinajstić information content (AvgIpc) is 3.17. The summed E-state index contributed by atoms with van der Waals surface area (Å²) < 4.78 is 3.58. The van der Waals surface area contributed by atoms with Crippen molar-refractivity contribution >= 4 is 5.91 Å². The summed E-state index contributed by atoms with van der Waals surface area (Å²) in [6.07, 6.45) is 9.00. The first-order valence-electron chi connectivity index (χ1n) is 7.29. The van der Waals surface area contributed by atoms with E-state index in [1.54, 1.807) is 11.0 Å². The molecule has 1 amide bonds. The lowest BCUT2D eigenvalue weighted by molar-refractivity contribution is -0.136. The van der Waals surface area contributed by atoms with Crippen LogP contribution in [0.15, 0.2) is 25.0 Å². The zero-order valence-corrected chi connectivity index (χ0v) is 12.4. The molecule has 0 aliphatic carbocycles. The number of carbonyl (C=O) groups is 1. The van der Waals surface area contributed by atoms with Crippen LogP contribution in [0, 0.1) is 6.92 Å². The van der Waals surface area contributed by atoms with Crippen molar-refractivity contribution in [1.29, 1.82) is 0 Å². The quantitative estimate of drug-likeness (QED) is 0.851. The second-order valence-electron chi connectivity index (χ2n) is 5.63. The molecule has 3 rings (SSSR count). The SMILES string of the molecule is Cc1cnn(C2CCCN(C(=O)C(C)n3cncn3)C2)c1. The number of likely N-dealkylation sites (tertiary alicyclic amines) is 1. The molecular weight excluding hydrogens is 268 g/mol. The molecule has 2 aromatic rings. The Bertz CT molecular complexity index is 605. The van der Waals surface area contributed by atoms with E-state index in [-0.39, 0.29) is 18.0 Å². The summed E-state index contributed by atoms with van der Waals surface area (Å²) in [5.41, 5.74) is 1.15. The Morgan fingerprint density at radius 3 is 2.95 bits per heavy atom. The highest BCUT2D eigenvalue weighted by atomic mass is 16.2. The van der Waals surface area contributed by atoms with Crippen LogP contribution in [0.25, 0.3) is 0 Å². The molecular formula is C14H20N6O. The van der Waals surface area contributed by atoms with Gasteiger partial charge in [-0.05, 0) is 32.3 Å². The second kappa shape index (κ2) is 5.67. The number of aryl methyl sites for hydroxylation is 1. The van der Waals surface area contributed by atoms with E-state index in [4.69, 9.17) is 0 Å². The summed E-state index contributed by atoms with van der Waals surface area (Å²) in [7, 11) is 0. The first-order valence-corrected chi connectivity index (χ1v) is 7.29. The highest BCUT2D eigenvalue weighted by Crippen LogP contribution is 2.23. The fourth-order valence-electron chi connectivity index (χ4n) is 2.80. The van der Waals surface area contributed by atoms with Crippen molar-refractivity contribution in [1.82, 2.24) is 29.4 Å². The molecule has 7 heteroatoms. The molecule has 1 aliphatic rings. The smallest absolute Gasteiger partial charge is 0.247 e. The Morgan fingerprint density at radius 1 is 1.43 bits per heavy atom. The lowest BCUT2D eigenvalue weighted by Gasteiger charge is -2.34. The van der Waals surface area contributed by atoms with Crippen molar-refractivity contribution in [2.75, 3.05) is 13.1 Å². The van der Waals surface area contributed by atoms with Gasteiger partial charge in [-0.15, -0.1) is 0 Å². The predicted octanol–water partition coefficient (Wildman–Crippen LogP) is 1.21. The molecule has 21 heavy (non-hydrogen) atoms. The van der Waals surface area contributed by atoms with Crippen molar-refractivity contribution in [2.24, 2.45) is 0 Å². The molecule has 0 bridgehead atoms. The summed E-state index contributed by atoms with van der Waals surface area (Å²) in [5, 5.41) is 8.43. The van der Waals surface area contributed by atoms with Crippen LogP contribution in [0.5, 0.6) is 0 Å². The largest absolute Gasteiger partial charge is 0.339 e. The van der Waals surface area contributed by atoms with Crippen LogP contribution in [0.3, 0.4) is 0 Å². The fraction of sp³-hybridized carbons (Fsp3) is 0.571. The molecule has 2 unspecified atom stereocenters. The molecule has 0 N–H and O–H groups in total. The standard InChI is InChI=1S/C14H20N6O/c1-11-6-16-19(7-11)13-4-3-5-18(8-13)14(21)12(2)20-10-15-9-17-20/h6-7,9-10,12-13H,3-5,8H2,1-2H3. The number of nitrogens with zero attached hydrogens (tertiary/aromatic N) is 6. The van der Waals surface area contributed by atoms with Crippen LogP contribution >= 0.6 is 0 Å². The van der Waals surface area contributed by atoms with Crippen LogP contribution in [0.1, 0.15) is 37.4 Å². The third-order valence-electron chi connectivity index (χ3n) is 4.00. The highest BCUT2D eigenvalue weighted by molar-refractivity contribution is 5.80. The van der Waals surface area contributed by atoms with Gasteiger partial charge in [0.25, 0.3) is 0 Å². The molecule has 2 atom stereocenters. The van der Waals surface area contributed by atoms with Crippen molar-refractivity contribution in [2.45, 2.75) is 38.8 Å². The Balaban J connectivity index is 1.69. The fourth-order valence-corrected chi connectivity index (χ4v) is 2.80. The minimum Gasteiger partial charge on any atom is -0.339 e. The Hall–Kier alpha value is -2.18. The van der Waals surface area contributed by atoms with Gasteiger partial charge in [0, 0.05) is 19.3 Å². The van der Waals surface area contributed by atoms with E-state index in [2.05, 4.69) is 15.2 Å². The van der Waals surface area contributed by atoms with Gasteiger partial charge >= 0.3 is 0 Å². The molecule has 1 fully saturated rings. The molecule has 3 heterocycles. The maximum atomic E-state index is 12.6. The van der Waals surface area contributed by atoms with Crippen LogP contribution < -0.4 is 0 Å². The van der Waals surface area contributed by atoms with Crippen molar-refractivity contribution in [3.8, 4) is 0 Å². The Labute approximate surface area is 123 Å². The summed E-state index contributed by atoms with van der Waals surface area (Å²) in [6.45, 7) is 5.40. The van der Waals surface area contributed by atoms with Crippen LogP contribution in [0.4, 0.5) is 0 Å². The third kappa shape index (κ3) is 2.81. The van der Waals surface area contributed by atoms with Gasteiger partial charge in [0.1, 0.15) is 18.7 Å². The van der Waals surface area contributed by atoms with E-state index in [0.717, 1.165) is 24.9 Å². The number of carbonyl (C=O) groups excluding carboxylic acids is 1. The minimum atomic E-state index is -0.314. The van der Waals surface area contributed by atoms with Crippen LogP contribution in [-0.4, -0.2) is 48.4 Å².